The summed E-state index contributed by atoms with van der Waals surface area (Å²) >= 11 is 3.02. The summed E-state index contributed by atoms with van der Waals surface area (Å²) in [6, 6.07) is 14.8. The van der Waals surface area contributed by atoms with Gasteiger partial charge in [0.1, 0.15) is 67.7 Å². The van der Waals surface area contributed by atoms with Crippen molar-refractivity contribution in [3.05, 3.63) is 121 Å². The van der Waals surface area contributed by atoms with E-state index in [2.05, 4.69) is 70.0 Å². The van der Waals surface area contributed by atoms with Crippen LogP contribution < -0.4 is 34.9 Å². The number of allylic oxidation sites excluding steroid dienone is 2. The van der Waals surface area contributed by atoms with Crippen molar-refractivity contribution in [2.75, 3.05) is 54.6 Å². The normalized spacial score (nSPS) is 22.5. The molecule has 4 aliphatic carbocycles. The molecule has 532 valence electrons. The third-order valence-corrected chi connectivity index (χ3v) is 20.5. The number of nitrogens with one attached hydrogen (secondary N) is 3. The molecule has 0 radical (unpaired) electrons. The lowest BCUT2D eigenvalue weighted by Crippen LogP contribution is -2.50. The fraction of sp³-hybridized carbons (Fsp3) is 0.500. The molecule has 10 rings (SSSR count). The van der Waals surface area contributed by atoms with Gasteiger partial charge in [0.2, 0.25) is 17.7 Å². The van der Waals surface area contributed by atoms with Gasteiger partial charge < -0.3 is 54.4 Å². The fourth-order valence-corrected chi connectivity index (χ4v) is 14.7. The second-order valence-electron chi connectivity index (χ2n) is 26.3. The lowest BCUT2D eigenvalue weighted by atomic mass is 9.93. The summed E-state index contributed by atoms with van der Waals surface area (Å²) in [6.45, 7) is 28.9. The largest absolute Gasteiger partial charge is 0.497 e. The number of carboxylic acid groups (broad SMARTS) is 1. The molecule has 4 heterocycles. The Bertz CT molecular complexity index is 3870. The molecule has 4 N–H and O–H groups in total. The van der Waals surface area contributed by atoms with Crippen molar-refractivity contribution < 1.29 is 62.3 Å². The average molecular weight is 1400 g/mol. The molecule has 4 fully saturated rings. The van der Waals surface area contributed by atoms with E-state index in [0.717, 1.165) is 64.4 Å². The molecule has 0 spiro atoms. The van der Waals surface area contributed by atoms with Crippen LogP contribution in [0.1, 0.15) is 142 Å². The van der Waals surface area contributed by atoms with Gasteiger partial charge in [-0.25, -0.2) is 29.5 Å². The minimum Gasteiger partial charge on any atom is -0.497 e. The van der Waals surface area contributed by atoms with Gasteiger partial charge in [-0.05, 0) is 141 Å². The Labute approximate surface area is 589 Å². The number of hydrogen-bond acceptors (Lipinski definition) is 19. The predicted molar refractivity (Wildman–Crippen MR) is 387 cm³/mol. The van der Waals surface area contributed by atoms with Gasteiger partial charge in [0.15, 0.2) is 0 Å². The first-order chi connectivity index (χ1) is 47.5. The average Bonchev–Trinajstić information content (AvgIpc) is 1.59. The number of unbranched alkanes of at least 4 members (excludes halogenated alkanes) is 4. The number of pyridine rings is 2. The van der Waals surface area contributed by atoms with Crippen molar-refractivity contribution in [3.8, 4) is 44.4 Å². The Balaban J connectivity index is 0.000000229. The quantitative estimate of drug-likeness (QED) is 0.0174. The highest BCUT2D eigenvalue weighted by Gasteiger charge is 2.63. The van der Waals surface area contributed by atoms with Crippen LogP contribution in [0.25, 0.3) is 43.2 Å². The van der Waals surface area contributed by atoms with Crippen LogP contribution in [-0.2, 0) is 38.2 Å². The van der Waals surface area contributed by atoms with Crippen molar-refractivity contribution >= 4 is 80.1 Å². The summed E-state index contributed by atoms with van der Waals surface area (Å²) in [5.41, 5.74) is 2.24. The number of esters is 2. The molecule has 4 saturated carbocycles. The number of hydrogen-bond donors (Lipinski definition) is 4. The maximum Gasteiger partial charge on any atom is 0.332 e. The molecule has 4 aromatic heterocycles. The molecule has 0 unspecified atom stereocenters. The van der Waals surface area contributed by atoms with Crippen molar-refractivity contribution in [3.63, 3.8) is 0 Å². The molecule has 21 nitrogen and oxygen atoms in total. The Kier molecular flexibility index (Phi) is 26.9. The molecule has 23 heteroatoms. The summed E-state index contributed by atoms with van der Waals surface area (Å²) in [5, 5.41) is 26.0. The summed E-state index contributed by atoms with van der Waals surface area (Å²) in [4.78, 5) is 100. The molecular formula is C76H98N8O13S2. The SMILES string of the molecule is C=CCCCCN(C)C(=O)[C@@H]1C[C@H](Oc2cc(-c3nc(C(C)C)cs3)nc3cc(OC)ccc23)C[C@H]1C(=O)N[C@]1(C(=O)OCC)C[C@H]1C=C.C=CCCCCNC.C=C[C@@H]1C[C@]1(NC(=O)[C@@H]1C[C@@H](Oc2cc(-c3nc(C(C)C)cs3)nc3cc(OC)ccc23)C[C@H]1C(=O)O)C(=O)OCC. The van der Waals surface area contributed by atoms with Gasteiger partial charge in [-0.2, -0.15) is 0 Å². The molecule has 0 saturated heterocycles. The molecule has 0 aliphatic heterocycles. The maximum atomic E-state index is 14.1. The number of methoxy groups -OCH3 is 2. The van der Waals surface area contributed by atoms with E-state index in [0.29, 0.717) is 77.6 Å². The van der Waals surface area contributed by atoms with Crippen LogP contribution in [0.3, 0.4) is 0 Å². The maximum absolute atomic E-state index is 14.1. The monoisotopic (exact) mass is 1390 g/mol. The van der Waals surface area contributed by atoms with Crippen molar-refractivity contribution in [1.29, 1.82) is 0 Å². The van der Waals surface area contributed by atoms with Crippen LogP contribution in [0.4, 0.5) is 0 Å². The summed E-state index contributed by atoms with van der Waals surface area (Å²) in [6.07, 6.45) is 14.2. The molecule has 4 aliphatic rings. The summed E-state index contributed by atoms with van der Waals surface area (Å²) in [7, 11) is 6.96. The van der Waals surface area contributed by atoms with E-state index < -0.39 is 70.8 Å². The third kappa shape index (κ3) is 18.5. The fourth-order valence-electron chi connectivity index (χ4n) is 12.8. The van der Waals surface area contributed by atoms with E-state index >= 15 is 0 Å². The smallest absolute Gasteiger partial charge is 0.332 e. The number of nitrogens with zero attached hydrogens (tertiary/aromatic N) is 5. The van der Waals surface area contributed by atoms with E-state index in [4.69, 9.17) is 48.4 Å². The van der Waals surface area contributed by atoms with E-state index in [9.17, 15) is 33.9 Å². The minimum absolute atomic E-state index is 0.111. The number of aliphatic carboxylic acids is 1. The van der Waals surface area contributed by atoms with Crippen LogP contribution in [0.5, 0.6) is 23.0 Å². The molecule has 99 heavy (non-hydrogen) atoms. The number of carbonyl (C=O) groups is 6. The zero-order valence-corrected chi connectivity index (χ0v) is 60.5. The van der Waals surface area contributed by atoms with Gasteiger partial charge in [-0.15, -0.1) is 49.0 Å². The first kappa shape index (κ1) is 76.2. The van der Waals surface area contributed by atoms with E-state index in [-0.39, 0.29) is 61.5 Å². The zero-order valence-electron chi connectivity index (χ0n) is 58.9. The standard InChI is InChI=1S/C38H48N4O6S.C31H35N3O7S.C7H15N/c1-8-11-12-13-16-42(6)36(44)29-18-26(17-28(29)34(43)41-38(21-24(38)9-2)37(45)47-10-3)48-33-20-31(35-40-32(22-49-35)23(4)5)39-30-19-25(46-7)14-15-27(30)33;1-6-17-14-31(17,30(38)40-7-2)34-27(35)21-10-19(11-22(21)29(36)37)41-26-13-24(28-33-25(15-42-28)16(3)4)32-23-12-18(39-5)8-9-20(23)26;1-3-4-5-6-7-8-2/h8-9,14-15,19-20,22-24,26,28-29H,1-2,10-13,16-18,21H2,3-7H3,(H,41,43);6,8-9,12-13,15-17,19,21-22H,1,7,10-11,14H2,2-5H3,(H,34,35)(H,36,37);3,8H,1,4-7H2,2H3/t24-,26-,28-,29-,38-;17-,19-,21-,22-,31-;/m11./s1. The number of amides is 3. The van der Waals surface area contributed by atoms with Gasteiger partial charge >= 0.3 is 17.9 Å². The number of ether oxygens (including phenoxy) is 6. The Hall–Kier alpha value is -8.54. The lowest BCUT2D eigenvalue weighted by molar-refractivity contribution is -0.151. The third-order valence-electron chi connectivity index (χ3n) is 18.7. The minimum atomic E-state index is -1.20. The number of carbonyl (C=O) groups excluding carboxylic acids is 5. The number of aromatic nitrogens is 4. The second-order valence-corrected chi connectivity index (χ2v) is 28.0. The van der Waals surface area contributed by atoms with Gasteiger partial charge in [0.25, 0.3) is 0 Å². The highest BCUT2D eigenvalue weighted by molar-refractivity contribution is 7.13. The molecule has 6 aromatic rings. The highest BCUT2D eigenvalue weighted by atomic mass is 32.1. The predicted octanol–water partition coefficient (Wildman–Crippen LogP) is 13.2. The number of carboxylic acids is 1. The summed E-state index contributed by atoms with van der Waals surface area (Å²) in [5.74, 6) is -3.79. The molecule has 10 atom stereocenters. The Morgan fingerprint density at radius 1 is 0.626 bits per heavy atom. The van der Waals surface area contributed by atoms with E-state index in [1.54, 1.807) is 52.2 Å². The van der Waals surface area contributed by atoms with Gasteiger partial charge in [-0.1, -0.05) is 52.0 Å². The zero-order chi connectivity index (χ0) is 71.7. The van der Waals surface area contributed by atoms with Crippen LogP contribution in [-0.4, -0.2) is 143 Å². The van der Waals surface area contributed by atoms with Crippen LogP contribution >= 0.6 is 22.7 Å². The van der Waals surface area contributed by atoms with Crippen molar-refractivity contribution in [2.24, 2.45) is 35.5 Å². The van der Waals surface area contributed by atoms with Crippen LogP contribution in [0.2, 0.25) is 0 Å². The molecule has 2 aromatic carbocycles. The van der Waals surface area contributed by atoms with Crippen LogP contribution in [0, 0.1) is 35.5 Å². The van der Waals surface area contributed by atoms with E-state index in [1.165, 1.54) is 35.5 Å². The van der Waals surface area contributed by atoms with Crippen LogP contribution in [0.15, 0.2) is 110 Å². The second kappa shape index (κ2) is 35.0. The Morgan fingerprint density at radius 3 is 1.44 bits per heavy atom. The van der Waals surface area contributed by atoms with Gasteiger partial charge in [0, 0.05) is 71.2 Å². The highest BCUT2D eigenvalue weighted by Crippen LogP contribution is 2.49. The lowest BCUT2D eigenvalue weighted by Gasteiger charge is -2.26. The number of thiazole rings is 2. The summed E-state index contributed by atoms with van der Waals surface area (Å²) < 4.78 is 34.6. The molecule has 0 bridgehead atoms. The van der Waals surface area contributed by atoms with Gasteiger partial charge in [-0.3, -0.25) is 19.2 Å². The first-order valence-corrected chi connectivity index (χ1v) is 36.1. The van der Waals surface area contributed by atoms with Gasteiger partial charge in [0.05, 0.1) is 73.5 Å². The first-order valence-electron chi connectivity index (χ1n) is 34.4. The number of benzene rings is 2. The Morgan fingerprint density at radius 2 is 1.06 bits per heavy atom. The molecule has 3 amide bonds. The topological polar surface area (TPSA) is 269 Å². The molecular weight excluding hydrogens is 1300 g/mol. The van der Waals surface area contributed by atoms with Crippen molar-refractivity contribution in [1.82, 2.24) is 40.8 Å². The number of fused-ring (bicyclic) bond motifs is 2. The number of rotatable bonds is 32. The van der Waals surface area contributed by atoms with Crippen molar-refractivity contribution in [2.45, 2.75) is 154 Å². The van der Waals surface area contributed by atoms with E-state index in [1.807, 2.05) is 78.5 Å².